The molecule has 0 spiro atoms. The van der Waals surface area contributed by atoms with Crippen molar-refractivity contribution in [3.63, 3.8) is 0 Å². The first-order valence-electron chi connectivity index (χ1n) is 16.5. The van der Waals surface area contributed by atoms with Gasteiger partial charge >= 0.3 is 0 Å². The Balaban J connectivity index is 1.32. The summed E-state index contributed by atoms with van der Waals surface area (Å²) in [5.74, 6) is 1.94. The van der Waals surface area contributed by atoms with Gasteiger partial charge in [0, 0.05) is 16.7 Å². The van der Waals surface area contributed by atoms with Gasteiger partial charge in [0.1, 0.15) is 0 Å². The van der Waals surface area contributed by atoms with E-state index in [1.165, 1.54) is 26.3 Å². The predicted octanol–water partition coefficient (Wildman–Crippen LogP) is 7.92. The molecule has 0 aliphatic carbocycles. The highest BCUT2D eigenvalue weighted by molar-refractivity contribution is 7.19. The molecule has 3 nitrogen and oxygen atoms in total. The van der Waals surface area contributed by atoms with Crippen molar-refractivity contribution >= 4 is 28.8 Å². The lowest BCUT2D eigenvalue weighted by Crippen LogP contribution is -2.74. The van der Waals surface area contributed by atoms with E-state index in [0.29, 0.717) is 17.5 Å². The second kappa shape index (κ2) is 13.5. The Labute approximate surface area is 288 Å². The van der Waals surface area contributed by atoms with Crippen LogP contribution in [0.1, 0.15) is 0 Å². The van der Waals surface area contributed by atoms with Gasteiger partial charge in [0.25, 0.3) is 0 Å². The SMILES string of the molecule is c1ccc(-c2ccc(-c3nc(-c4ccccc4)nc(-c4cccc([Si](c5ccccc5)(c5ccccc5)c5ccccc5)c4)n3)cc2)cc1. The zero-order valence-corrected chi connectivity index (χ0v) is 27.9. The summed E-state index contributed by atoms with van der Waals surface area (Å²) in [6.07, 6.45) is 0. The Morgan fingerprint density at radius 1 is 0.245 bits per heavy atom. The molecular weight excluding hydrogens is 611 g/mol. The van der Waals surface area contributed by atoms with Crippen molar-refractivity contribution in [3.05, 3.63) is 200 Å². The van der Waals surface area contributed by atoms with Crippen LogP contribution in [-0.4, -0.2) is 23.0 Å². The number of benzene rings is 7. The minimum absolute atomic E-state index is 0.645. The van der Waals surface area contributed by atoms with Gasteiger partial charge in [0.2, 0.25) is 0 Å². The molecule has 0 aliphatic heterocycles. The van der Waals surface area contributed by atoms with Crippen LogP contribution in [0.3, 0.4) is 0 Å². The summed E-state index contributed by atoms with van der Waals surface area (Å²) in [6, 6.07) is 70.8. The molecule has 0 N–H and O–H groups in total. The maximum atomic E-state index is 5.14. The third-order valence-electron chi connectivity index (χ3n) is 9.09. The molecular formula is C45H33N3Si. The van der Waals surface area contributed by atoms with Crippen LogP contribution >= 0.6 is 0 Å². The van der Waals surface area contributed by atoms with Crippen LogP contribution in [0.5, 0.6) is 0 Å². The topological polar surface area (TPSA) is 38.7 Å². The highest BCUT2D eigenvalue weighted by Gasteiger charge is 2.41. The summed E-state index contributed by atoms with van der Waals surface area (Å²) in [6.45, 7) is 0. The van der Waals surface area contributed by atoms with E-state index in [-0.39, 0.29) is 0 Å². The van der Waals surface area contributed by atoms with Crippen LogP contribution in [0, 0.1) is 0 Å². The van der Waals surface area contributed by atoms with Crippen molar-refractivity contribution < 1.29 is 0 Å². The largest absolute Gasteiger partial charge is 0.208 e. The van der Waals surface area contributed by atoms with E-state index in [1.807, 2.05) is 24.3 Å². The highest BCUT2D eigenvalue weighted by atomic mass is 28.3. The molecule has 49 heavy (non-hydrogen) atoms. The van der Waals surface area contributed by atoms with Crippen LogP contribution in [0.4, 0.5) is 0 Å². The van der Waals surface area contributed by atoms with Gasteiger partial charge in [0.15, 0.2) is 25.5 Å². The average Bonchev–Trinajstić information content (AvgIpc) is 3.20. The fourth-order valence-corrected chi connectivity index (χ4v) is 11.5. The Morgan fingerprint density at radius 2 is 0.551 bits per heavy atom. The first kappa shape index (κ1) is 30.1. The van der Waals surface area contributed by atoms with Crippen molar-refractivity contribution in [1.29, 1.82) is 0 Å². The molecule has 0 aliphatic rings. The molecule has 1 heterocycles. The van der Waals surface area contributed by atoms with Crippen molar-refractivity contribution in [3.8, 4) is 45.3 Å². The molecule has 0 atom stereocenters. The third kappa shape index (κ3) is 5.90. The number of nitrogens with zero attached hydrogens (tertiary/aromatic N) is 3. The first-order valence-corrected chi connectivity index (χ1v) is 18.5. The normalized spacial score (nSPS) is 11.3. The van der Waals surface area contributed by atoms with Gasteiger partial charge in [0.05, 0.1) is 0 Å². The lowest BCUT2D eigenvalue weighted by Gasteiger charge is -2.34. The zero-order valence-electron chi connectivity index (χ0n) is 26.9. The molecule has 0 unspecified atom stereocenters. The summed E-state index contributed by atoms with van der Waals surface area (Å²) in [5.41, 5.74) is 5.18. The summed E-state index contributed by atoms with van der Waals surface area (Å²) in [5, 5.41) is 5.24. The number of hydrogen-bond donors (Lipinski definition) is 0. The van der Waals surface area contributed by atoms with E-state index >= 15 is 0 Å². The van der Waals surface area contributed by atoms with Gasteiger partial charge in [-0.25, -0.2) is 15.0 Å². The minimum atomic E-state index is -2.73. The summed E-state index contributed by atoms with van der Waals surface area (Å²) in [4.78, 5) is 15.2. The van der Waals surface area contributed by atoms with Crippen molar-refractivity contribution in [1.82, 2.24) is 15.0 Å². The maximum Gasteiger partial charge on any atom is 0.179 e. The molecule has 1 aromatic heterocycles. The molecule has 0 fully saturated rings. The fraction of sp³-hybridized carbons (Fsp3) is 0. The number of rotatable bonds is 8. The molecule has 4 heteroatoms. The fourth-order valence-electron chi connectivity index (χ4n) is 6.75. The summed E-state index contributed by atoms with van der Waals surface area (Å²) >= 11 is 0. The second-order valence-electron chi connectivity index (χ2n) is 12.0. The highest BCUT2D eigenvalue weighted by Crippen LogP contribution is 2.27. The van der Waals surface area contributed by atoms with Gasteiger partial charge in [-0.1, -0.05) is 200 Å². The van der Waals surface area contributed by atoms with E-state index in [9.17, 15) is 0 Å². The molecule has 0 bridgehead atoms. The lowest BCUT2D eigenvalue weighted by atomic mass is 10.0. The van der Waals surface area contributed by atoms with E-state index < -0.39 is 8.07 Å². The summed E-state index contributed by atoms with van der Waals surface area (Å²) in [7, 11) is -2.73. The third-order valence-corrected chi connectivity index (χ3v) is 13.9. The number of hydrogen-bond acceptors (Lipinski definition) is 3. The van der Waals surface area contributed by atoms with E-state index in [1.54, 1.807) is 0 Å². The standard InChI is InChI=1S/C45H33N3Si/c1-6-17-34(18-7-1)35-29-31-37(32-30-35)44-46-43(36-19-8-2-9-20-36)47-45(48-44)38-21-16-28-42(33-38)49(39-22-10-3-11-23-39,40-24-12-4-13-25-40)41-26-14-5-15-27-41/h1-33H. The molecule has 0 amide bonds. The molecule has 8 rings (SSSR count). The van der Waals surface area contributed by atoms with Gasteiger partial charge in [-0.15, -0.1) is 0 Å². The van der Waals surface area contributed by atoms with Crippen LogP contribution < -0.4 is 20.7 Å². The van der Waals surface area contributed by atoms with Crippen LogP contribution in [0.25, 0.3) is 45.3 Å². The summed E-state index contributed by atoms with van der Waals surface area (Å²) < 4.78 is 0. The first-order chi connectivity index (χ1) is 24.3. The van der Waals surface area contributed by atoms with Crippen molar-refractivity contribution in [2.45, 2.75) is 0 Å². The predicted molar refractivity (Wildman–Crippen MR) is 205 cm³/mol. The lowest BCUT2D eigenvalue weighted by molar-refractivity contribution is 1.07. The van der Waals surface area contributed by atoms with Crippen molar-refractivity contribution in [2.75, 3.05) is 0 Å². The van der Waals surface area contributed by atoms with Gasteiger partial charge in [-0.05, 0) is 31.9 Å². The van der Waals surface area contributed by atoms with Crippen LogP contribution in [-0.2, 0) is 0 Å². The monoisotopic (exact) mass is 643 g/mol. The Morgan fingerprint density at radius 3 is 1.02 bits per heavy atom. The molecule has 7 aromatic carbocycles. The van der Waals surface area contributed by atoms with E-state index in [2.05, 4.69) is 176 Å². The minimum Gasteiger partial charge on any atom is -0.208 e. The van der Waals surface area contributed by atoms with Crippen LogP contribution in [0.15, 0.2) is 200 Å². The molecule has 0 saturated carbocycles. The van der Waals surface area contributed by atoms with Crippen LogP contribution in [0.2, 0.25) is 0 Å². The van der Waals surface area contributed by atoms with E-state index in [0.717, 1.165) is 22.3 Å². The van der Waals surface area contributed by atoms with Gasteiger partial charge < -0.3 is 0 Å². The van der Waals surface area contributed by atoms with Crippen molar-refractivity contribution in [2.24, 2.45) is 0 Å². The molecule has 0 radical (unpaired) electrons. The Bertz CT molecular complexity index is 2200. The quantitative estimate of drug-likeness (QED) is 0.125. The Hall–Kier alpha value is -6.23. The number of aromatic nitrogens is 3. The van der Waals surface area contributed by atoms with E-state index in [4.69, 9.17) is 15.0 Å². The van der Waals surface area contributed by atoms with Gasteiger partial charge in [-0.2, -0.15) is 0 Å². The second-order valence-corrected chi connectivity index (χ2v) is 15.9. The maximum absolute atomic E-state index is 5.14. The molecule has 0 saturated heterocycles. The molecule has 8 aromatic rings. The smallest absolute Gasteiger partial charge is 0.179 e. The Kier molecular flexibility index (Phi) is 8.29. The zero-order chi connectivity index (χ0) is 32.9. The van der Waals surface area contributed by atoms with Gasteiger partial charge in [-0.3, -0.25) is 0 Å². The average molecular weight is 644 g/mol. The molecule has 232 valence electrons.